The summed E-state index contributed by atoms with van der Waals surface area (Å²) in [4.78, 5) is 0. The zero-order valence-corrected chi connectivity index (χ0v) is 25.3. The van der Waals surface area contributed by atoms with Gasteiger partial charge in [0.25, 0.3) is 0 Å². The summed E-state index contributed by atoms with van der Waals surface area (Å²) in [5.41, 5.74) is -1.45. The van der Waals surface area contributed by atoms with E-state index in [1.54, 1.807) is 0 Å². The maximum Gasteiger partial charge on any atom is 0.187 e. The number of hydrogen-bond donors (Lipinski definition) is 13. The Hall–Kier alpha value is -0.450. The molecule has 4 rings (SSSR count). The third-order valence-corrected chi connectivity index (χ3v) is 9.97. The minimum atomic E-state index is -1.87. The van der Waals surface area contributed by atoms with Crippen molar-refractivity contribution in [3.63, 3.8) is 0 Å². The molecule has 46 heavy (non-hydrogen) atoms. The second kappa shape index (κ2) is 16.5. The molecular weight excluding hydrogens is 652 g/mol. The van der Waals surface area contributed by atoms with Crippen LogP contribution in [0.5, 0.6) is 0 Å². The smallest absolute Gasteiger partial charge is 0.187 e. The Morgan fingerprint density at radius 1 is 0.457 bits per heavy atom. The lowest BCUT2D eigenvalue weighted by Gasteiger charge is -2.49. The van der Waals surface area contributed by atoms with Gasteiger partial charge >= 0.3 is 0 Å². The predicted molar refractivity (Wildman–Crippen MR) is 145 cm³/mol. The number of hydrogen-bond acceptors (Lipinski definition) is 21. The molecule has 0 aromatic rings. The average molecular weight is 697 g/mol. The van der Waals surface area contributed by atoms with Crippen LogP contribution in [-0.4, -0.2) is 221 Å². The molecule has 4 fully saturated rings. The van der Waals surface area contributed by atoms with Gasteiger partial charge in [-0.2, -0.15) is 0 Å². The molecule has 0 bridgehead atoms. The highest BCUT2D eigenvalue weighted by Gasteiger charge is 2.54. The van der Waals surface area contributed by atoms with Crippen LogP contribution in [0.25, 0.3) is 0 Å². The molecule has 0 aromatic heterocycles. The van der Waals surface area contributed by atoms with E-state index >= 15 is 0 Å². The molecule has 20 atom stereocenters. The summed E-state index contributed by atoms with van der Waals surface area (Å²) in [6.07, 6.45) is -29.1. The zero-order chi connectivity index (χ0) is 34.0. The number of ether oxygens (including phenoxy) is 7. The van der Waals surface area contributed by atoms with Gasteiger partial charge in [-0.3, -0.25) is 0 Å². The van der Waals surface area contributed by atoms with Crippen LogP contribution in [0.4, 0.5) is 0 Å². The molecular formula is C25H44O20S. The van der Waals surface area contributed by atoms with Gasteiger partial charge in [0.2, 0.25) is 0 Å². The molecule has 21 heteroatoms. The van der Waals surface area contributed by atoms with Gasteiger partial charge in [0.05, 0.1) is 43.9 Å². The van der Waals surface area contributed by atoms with Gasteiger partial charge in [0.15, 0.2) is 18.9 Å². The van der Waals surface area contributed by atoms with E-state index in [2.05, 4.69) is 0 Å². The Labute approximate surface area is 266 Å². The summed E-state index contributed by atoms with van der Waals surface area (Å²) in [6.45, 7) is -3.06. The second-order valence-electron chi connectivity index (χ2n) is 11.4. The van der Waals surface area contributed by atoms with Gasteiger partial charge in [-0.05, 0) is 0 Å². The van der Waals surface area contributed by atoms with E-state index in [4.69, 9.17) is 33.2 Å². The quantitative estimate of drug-likeness (QED) is 0.0953. The summed E-state index contributed by atoms with van der Waals surface area (Å²) in [5, 5.41) is 133. The van der Waals surface area contributed by atoms with Crippen LogP contribution in [0, 0.1) is 0 Å². The highest BCUT2D eigenvalue weighted by molar-refractivity contribution is 8.00. The van der Waals surface area contributed by atoms with Crippen molar-refractivity contribution in [1.29, 1.82) is 0 Å². The van der Waals surface area contributed by atoms with Gasteiger partial charge in [-0.1, -0.05) is 0 Å². The minimum absolute atomic E-state index is 0.621. The van der Waals surface area contributed by atoms with E-state index < -0.39 is 148 Å². The van der Waals surface area contributed by atoms with Gasteiger partial charge in [-0.25, -0.2) is 0 Å². The highest BCUT2D eigenvalue weighted by Crippen LogP contribution is 2.40. The third kappa shape index (κ3) is 7.65. The zero-order valence-electron chi connectivity index (χ0n) is 24.5. The van der Waals surface area contributed by atoms with Crippen molar-refractivity contribution < 1.29 is 99.5 Å². The molecule has 0 saturated carbocycles. The second-order valence-corrected chi connectivity index (χ2v) is 12.6. The van der Waals surface area contributed by atoms with Crippen LogP contribution in [-0.2, 0) is 33.2 Å². The lowest BCUT2D eigenvalue weighted by Crippen LogP contribution is -2.65. The number of rotatable bonds is 11. The molecule has 4 heterocycles. The normalized spacial score (nSPS) is 52.0. The Morgan fingerprint density at radius 2 is 0.891 bits per heavy atom. The number of aliphatic hydroxyl groups excluding tert-OH is 13. The minimum Gasteiger partial charge on any atom is -0.394 e. The van der Waals surface area contributed by atoms with E-state index in [0.29, 0.717) is 11.8 Å². The van der Waals surface area contributed by atoms with Crippen molar-refractivity contribution in [2.75, 3.05) is 33.5 Å². The molecule has 20 nitrogen and oxygen atoms in total. The van der Waals surface area contributed by atoms with Crippen molar-refractivity contribution >= 4 is 11.8 Å². The SMILES string of the molecule is CO[C@@H]1O[C@H](CO)[C@@H](O[C@@H]2O[C@H](CO)[C@@H](S[C@@H]3O[C@H](CO)[C@@H](O[C@@H]4O[C@H](CO)[C@@H](O)[C@H](O)[C@H]4O)[C@H](O)[C@H]3O)[C@H](O)[C@H]2O)[C@H](O)[C@H]1O. The molecule has 0 aliphatic carbocycles. The van der Waals surface area contributed by atoms with Crippen LogP contribution in [0.1, 0.15) is 0 Å². The largest absolute Gasteiger partial charge is 0.394 e. The molecule has 4 aliphatic heterocycles. The average Bonchev–Trinajstić information content (AvgIpc) is 3.05. The van der Waals surface area contributed by atoms with Crippen molar-refractivity contribution in [3.8, 4) is 0 Å². The van der Waals surface area contributed by atoms with Gasteiger partial charge in [0.1, 0.15) is 84.8 Å². The van der Waals surface area contributed by atoms with E-state index in [-0.39, 0.29) is 0 Å². The summed E-state index contributed by atoms with van der Waals surface area (Å²) >= 11 is 0.621. The summed E-state index contributed by atoms with van der Waals surface area (Å²) < 4.78 is 38.1. The van der Waals surface area contributed by atoms with Crippen molar-refractivity contribution in [3.05, 3.63) is 0 Å². The van der Waals surface area contributed by atoms with Gasteiger partial charge < -0.3 is 99.5 Å². The number of aliphatic hydroxyl groups is 13. The first-order valence-corrected chi connectivity index (χ1v) is 15.4. The van der Waals surface area contributed by atoms with Crippen LogP contribution >= 0.6 is 11.8 Å². The molecule has 4 saturated heterocycles. The molecule has 270 valence electrons. The first-order chi connectivity index (χ1) is 21.8. The van der Waals surface area contributed by atoms with Crippen molar-refractivity contribution in [2.24, 2.45) is 0 Å². The topological polar surface area (TPSA) is 328 Å². The lowest BCUT2D eigenvalue weighted by atomic mass is 9.97. The fourth-order valence-electron chi connectivity index (χ4n) is 5.73. The Balaban J connectivity index is 1.43. The predicted octanol–water partition coefficient (Wildman–Crippen LogP) is -8.38. The molecule has 0 radical (unpaired) electrons. The summed E-state index contributed by atoms with van der Waals surface area (Å²) in [5.74, 6) is 0. The Kier molecular flexibility index (Phi) is 13.8. The van der Waals surface area contributed by atoms with Crippen LogP contribution in [0.2, 0.25) is 0 Å². The van der Waals surface area contributed by atoms with E-state index in [9.17, 15) is 66.4 Å². The summed E-state index contributed by atoms with van der Waals surface area (Å²) in [6, 6.07) is 0. The van der Waals surface area contributed by atoms with E-state index in [1.807, 2.05) is 0 Å². The van der Waals surface area contributed by atoms with E-state index in [1.165, 1.54) is 7.11 Å². The fourth-order valence-corrected chi connectivity index (χ4v) is 7.21. The maximum absolute atomic E-state index is 11.0. The third-order valence-electron chi connectivity index (χ3n) is 8.42. The lowest BCUT2D eigenvalue weighted by molar-refractivity contribution is -0.346. The molecule has 4 aliphatic rings. The standard InChI is InChI=1S/C25H44O20S/c1-39-22-16(36)12(32)19(7(3-27)41-22)44-24-17(37)14(34)21(9(5-29)42-24)46-25-18(38)13(33)20(8(4-28)43-25)45-23-15(35)11(31)10(30)6(2-26)40-23/h6-38H,2-5H2,1H3/t6-,7-,8-,9-,10-,11+,12-,13-,14-,15-,16-,17-,18-,19-,20-,21-,22-,23+,24+,25+/m1/s1. The van der Waals surface area contributed by atoms with Gasteiger partial charge in [0, 0.05) is 7.11 Å². The Morgan fingerprint density at radius 3 is 1.41 bits per heavy atom. The Bertz CT molecular complexity index is 932. The van der Waals surface area contributed by atoms with E-state index in [0.717, 1.165) is 0 Å². The first-order valence-electron chi connectivity index (χ1n) is 14.5. The van der Waals surface area contributed by atoms with Crippen molar-refractivity contribution in [1.82, 2.24) is 0 Å². The number of methoxy groups -OCH3 is 1. The highest BCUT2D eigenvalue weighted by atomic mass is 32.2. The van der Waals surface area contributed by atoms with Crippen LogP contribution < -0.4 is 0 Å². The monoisotopic (exact) mass is 696 g/mol. The first kappa shape index (κ1) is 38.4. The molecule has 0 aromatic carbocycles. The van der Waals surface area contributed by atoms with Gasteiger partial charge in [-0.15, -0.1) is 11.8 Å². The maximum atomic E-state index is 11.0. The molecule has 0 unspecified atom stereocenters. The van der Waals surface area contributed by atoms with Crippen LogP contribution in [0.3, 0.4) is 0 Å². The fraction of sp³-hybridized carbons (Fsp3) is 1.00. The molecule has 0 amide bonds. The summed E-state index contributed by atoms with van der Waals surface area (Å²) in [7, 11) is 1.20. The van der Waals surface area contributed by atoms with Crippen molar-refractivity contribution in [2.45, 2.75) is 121 Å². The molecule has 0 spiro atoms. The number of thioether (sulfide) groups is 1. The molecule has 13 N–H and O–H groups in total. The van der Waals surface area contributed by atoms with Crippen LogP contribution in [0.15, 0.2) is 0 Å².